The van der Waals surface area contributed by atoms with Crippen molar-refractivity contribution in [2.24, 2.45) is 11.8 Å². The number of fused-ring (bicyclic) bond motifs is 1. The molecule has 4 aromatic rings. The van der Waals surface area contributed by atoms with Crippen LogP contribution in [0.3, 0.4) is 0 Å². The van der Waals surface area contributed by atoms with Crippen LogP contribution in [0.15, 0.2) is 34.9 Å². The van der Waals surface area contributed by atoms with Crippen molar-refractivity contribution in [2.45, 2.75) is 90.6 Å². The van der Waals surface area contributed by atoms with E-state index in [4.69, 9.17) is 42.2 Å². The van der Waals surface area contributed by atoms with Crippen LogP contribution in [0.4, 0.5) is 5.13 Å². The number of ether oxygens (including phenoxy) is 2. The lowest BCUT2D eigenvalue weighted by molar-refractivity contribution is -0.0168. The number of nitrogens with one attached hydrogen (secondary N) is 1. The lowest BCUT2D eigenvalue weighted by Gasteiger charge is -2.40. The van der Waals surface area contributed by atoms with Gasteiger partial charge in [-0.15, -0.1) is 0 Å². The maximum atomic E-state index is 11.7. The number of halogens is 2. The Labute approximate surface area is 271 Å². The number of aromatic carboxylic acids is 1. The van der Waals surface area contributed by atoms with Crippen LogP contribution in [0.5, 0.6) is 5.75 Å². The summed E-state index contributed by atoms with van der Waals surface area (Å²) in [6, 6.07) is 8.88. The molecule has 8 nitrogen and oxygen atoms in total. The Balaban J connectivity index is 1.19. The Morgan fingerprint density at radius 2 is 1.95 bits per heavy atom. The van der Waals surface area contributed by atoms with Crippen LogP contribution in [0, 0.1) is 11.8 Å². The second-order valence-electron chi connectivity index (χ2n) is 12.3. The van der Waals surface area contributed by atoms with Gasteiger partial charge in [-0.25, -0.2) is 9.78 Å². The van der Waals surface area contributed by atoms with Gasteiger partial charge in [0, 0.05) is 23.1 Å². The second kappa shape index (κ2) is 12.9. The zero-order valence-corrected chi connectivity index (χ0v) is 27.6. The topological polar surface area (TPSA) is 107 Å². The van der Waals surface area contributed by atoms with Gasteiger partial charge >= 0.3 is 5.97 Å². The van der Waals surface area contributed by atoms with Gasteiger partial charge in [0.2, 0.25) is 0 Å². The number of carboxylic acids is 1. The standard InChI is InChI=1S/C33H37Cl2N3O5S/c1-5-18-12-21(41-15-22-29(38-43-31(22)19-9-10-19)27-23(34)7-6-8-24(27)35)11-17(4)28(18)36-33-37-30-25(42-16(2)3)13-20(32(39)40)14-26(30)44-33/h6-8,13-14,16-19,21,28H,5,9-12,15H2,1-4H3,(H,36,37)(H,39,40). The van der Waals surface area contributed by atoms with Crippen molar-refractivity contribution in [2.75, 3.05) is 5.32 Å². The molecule has 2 heterocycles. The summed E-state index contributed by atoms with van der Waals surface area (Å²) in [6.45, 7) is 8.69. The molecule has 4 unspecified atom stereocenters. The Bertz CT molecular complexity index is 1650. The molecule has 2 aromatic carbocycles. The van der Waals surface area contributed by atoms with Crippen molar-refractivity contribution >= 4 is 55.9 Å². The molecule has 2 fully saturated rings. The summed E-state index contributed by atoms with van der Waals surface area (Å²) in [5, 5.41) is 19.6. The Morgan fingerprint density at radius 3 is 2.61 bits per heavy atom. The minimum Gasteiger partial charge on any atom is -0.489 e. The number of carboxylic acid groups (broad SMARTS) is 1. The molecule has 11 heteroatoms. The van der Waals surface area contributed by atoms with Gasteiger partial charge in [0.25, 0.3) is 0 Å². The van der Waals surface area contributed by atoms with Gasteiger partial charge in [-0.05, 0) is 75.6 Å². The monoisotopic (exact) mass is 657 g/mol. The van der Waals surface area contributed by atoms with Gasteiger partial charge in [0.05, 0.1) is 39.1 Å². The van der Waals surface area contributed by atoms with Crippen LogP contribution in [0.2, 0.25) is 10.0 Å². The number of thiazole rings is 1. The van der Waals surface area contributed by atoms with Crippen LogP contribution >= 0.6 is 34.5 Å². The van der Waals surface area contributed by atoms with Gasteiger partial charge in [-0.2, -0.15) is 0 Å². The Morgan fingerprint density at radius 1 is 1.20 bits per heavy atom. The van der Waals surface area contributed by atoms with Gasteiger partial charge in [0.1, 0.15) is 22.7 Å². The smallest absolute Gasteiger partial charge is 0.335 e. The SMILES string of the molecule is CCC1CC(OCc2c(-c3c(Cl)cccc3Cl)noc2C2CC2)CC(C)C1Nc1nc2c(OC(C)C)cc(C(=O)O)cc2s1. The molecule has 2 aromatic heterocycles. The fourth-order valence-corrected chi connectivity index (χ4v) is 7.89. The van der Waals surface area contributed by atoms with E-state index in [0.717, 1.165) is 53.3 Å². The van der Waals surface area contributed by atoms with Crippen LogP contribution in [-0.4, -0.2) is 39.5 Å². The van der Waals surface area contributed by atoms with E-state index in [2.05, 4.69) is 24.3 Å². The van der Waals surface area contributed by atoms with Crippen molar-refractivity contribution in [3.63, 3.8) is 0 Å². The van der Waals surface area contributed by atoms with Crippen LogP contribution in [-0.2, 0) is 11.3 Å². The first-order valence-electron chi connectivity index (χ1n) is 15.3. The number of rotatable bonds is 11. The summed E-state index contributed by atoms with van der Waals surface area (Å²) in [6.07, 6.45) is 4.91. The normalized spacial score (nSPS) is 22.1. The average Bonchev–Trinajstić information content (AvgIpc) is 3.60. The molecular formula is C33H37Cl2N3O5S. The number of carbonyl (C=O) groups is 1. The predicted octanol–water partition coefficient (Wildman–Crippen LogP) is 9.44. The van der Waals surface area contributed by atoms with E-state index >= 15 is 0 Å². The van der Waals surface area contributed by atoms with Gasteiger partial charge in [-0.3, -0.25) is 0 Å². The molecule has 0 saturated heterocycles. The fourth-order valence-electron chi connectivity index (χ4n) is 6.34. The first-order valence-corrected chi connectivity index (χ1v) is 16.9. The first kappa shape index (κ1) is 31.1. The van der Waals surface area contributed by atoms with E-state index in [9.17, 15) is 9.90 Å². The highest BCUT2D eigenvalue weighted by molar-refractivity contribution is 7.22. The zero-order valence-electron chi connectivity index (χ0n) is 25.2. The van der Waals surface area contributed by atoms with Crippen LogP contribution in [0.1, 0.15) is 87.4 Å². The maximum Gasteiger partial charge on any atom is 0.335 e. The van der Waals surface area contributed by atoms with Gasteiger partial charge in [0.15, 0.2) is 5.13 Å². The number of anilines is 1. The van der Waals surface area contributed by atoms with Crippen molar-refractivity contribution in [3.8, 4) is 17.0 Å². The molecule has 4 atom stereocenters. The Kier molecular flexibility index (Phi) is 9.11. The minimum atomic E-state index is -0.987. The van der Waals surface area contributed by atoms with E-state index in [-0.39, 0.29) is 23.8 Å². The third kappa shape index (κ3) is 6.43. The van der Waals surface area contributed by atoms with E-state index in [0.29, 0.717) is 56.9 Å². The molecule has 0 radical (unpaired) electrons. The zero-order chi connectivity index (χ0) is 31.1. The van der Waals surface area contributed by atoms with Crippen molar-refractivity contribution < 1.29 is 23.9 Å². The maximum absolute atomic E-state index is 11.7. The molecule has 0 aliphatic heterocycles. The first-order chi connectivity index (χ1) is 21.1. The molecule has 234 valence electrons. The van der Waals surface area contributed by atoms with Crippen LogP contribution in [0.25, 0.3) is 21.5 Å². The van der Waals surface area contributed by atoms with E-state index in [1.807, 2.05) is 32.0 Å². The second-order valence-corrected chi connectivity index (χ2v) is 14.1. The highest BCUT2D eigenvalue weighted by atomic mass is 35.5. The Hall–Kier alpha value is -2.85. The number of hydrogen-bond acceptors (Lipinski definition) is 8. The van der Waals surface area contributed by atoms with E-state index in [1.54, 1.807) is 12.1 Å². The average molecular weight is 659 g/mol. The lowest BCUT2D eigenvalue weighted by atomic mass is 9.75. The predicted molar refractivity (Wildman–Crippen MR) is 174 cm³/mol. The largest absolute Gasteiger partial charge is 0.489 e. The quantitative estimate of drug-likeness (QED) is 0.164. The van der Waals surface area contributed by atoms with Gasteiger partial charge in [-0.1, -0.05) is 66.0 Å². The van der Waals surface area contributed by atoms with Crippen molar-refractivity contribution in [3.05, 3.63) is 57.3 Å². The third-order valence-corrected chi connectivity index (χ3v) is 10.2. The summed E-state index contributed by atoms with van der Waals surface area (Å²) in [5.74, 6) is 1.43. The molecule has 44 heavy (non-hydrogen) atoms. The molecule has 2 aliphatic rings. The number of hydrogen-bond donors (Lipinski definition) is 2. The molecule has 6 rings (SSSR count). The molecule has 2 saturated carbocycles. The molecule has 0 bridgehead atoms. The molecule has 2 aliphatic carbocycles. The molecular weight excluding hydrogens is 621 g/mol. The van der Waals surface area contributed by atoms with E-state index in [1.165, 1.54) is 11.3 Å². The molecule has 0 spiro atoms. The van der Waals surface area contributed by atoms with Gasteiger partial charge < -0.3 is 24.4 Å². The summed E-state index contributed by atoms with van der Waals surface area (Å²) in [4.78, 5) is 16.6. The van der Waals surface area contributed by atoms with E-state index < -0.39 is 5.97 Å². The van der Waals surface area contributed by atoms with Crippen molar-refractivity contribution in [1.82, 2.24) is 10.1 Å². The highest BCUT2D eigenvalue weighted by Crippen LogP contribution is 2.47. The summed E-state index contributed by atoms with van der Waals surface area (Å²) < 4.78 is 19.2. The number of nitrogens with zero attached hydrogens (tertiary/aromatic N) is 2. The van der Waals surface area contributed by atoms with Crippen LogP contribution < -0.4 is 10.1 Å². The summed E-state index contributed by atoms with van der Waals surface area (Å²) in [5.41, 5.74) is 3.17. The highest BCUT2D eigenvalue weighted by Gasteiger charge is 2.38. The molecule has 0 amide bonds. The fraction of sp³-hybridized carbons (Fsp3) is 0.485. The lowest BCUT2D eigenvalue weighted by Crippen LogP contribution is -2.43. The van der Waals surface area contributed by atoms with Crippen molar-refractivity contribution in [1.29, 1.82) is 0 Å². The number of aromatic nitrogens is 2. The minimum absolute atomic E-state index is 0.0732. The summed E-state index contributed by atoms with van der Waals surface area (Å²) in [7, 11) is 0. The third-order valence-electron chi connectivity index (χ3n) is 8.63. The molecule has 2 N–H and O–H groups in total. The summed E-state index contributed by atoms with van der Waals surface area (Å²) >= 11 is 14.6. The number of benzene rings is 2.